The van der Waals surface area contributed by atoms with Gasteiger partial charge in [-0.1, -0.05) is 36.4 Å². The number of esters is 1. The van der Waals surface area contributed by atoms with E-state index < -0.39 is 36.1 Å². The smallest absolute Gasteiger partial charge is 0.330 e. The van der Waals surface area contributed by atoms with Gasteiger partial charge in [0.1, 0.15) is 6.10 Å². The number of rotatable bonds is 1. The zero-order chi connectivity index (χ0) is 22.6. The van der Waals surface area contributed by atoms with E-state index in [1.54, 1.807) is 13.0 Å². The standard InChI is InChI=1S/C22H33NO7S/c1-13-3-6-15-10-16(11-22(28,30-15)19-12-31-21(27)23-19)29-20(26)9-14(2)5-8-18(25)17(24)7-4-13/h4,7,9,13,15-19,24-25,28H,3,5-6,8,10-12H2,1-2H3,(H,23,27)/b7-4-,14-9-/t13-,15+,16?,17?,18+,19?,22-/m0/s1. The van der Waals surface area contributed by atoms with Crippen molar-refractivity contribution in [1.29, 1.82) is 0 Å². The van der Waals surface area contributed by atoms with Gasteiger partial charge in [0.25, 0.3) is 5.24 Å². The molecule has 174 valence electrons. The van der Waals surface area contributed by atoms with Crippen LogP contribution in [-0.4, -0.2) is 68.5 Å². The molecular weight excluding hydrogens is 422 g/mol. The van der Waals surface area contributed by atoms with Crippen LogP contribution in [0.1, 0.15) is 52.4 Å². The van der Waals surface area contributed by atoms with Gasteiger partial charge in [0.2, 0.25) is 0 Å². The molecule has 8 nitrogen and oxygen atoms in total. The number of nitrogens with one attached hydrogen (secondary N) is 1. The van der Waals surface area contributed by atoms with Gasteiger partial charge in [-0.25, -0.2) is 4.79 Å². The largest absolute Gasteiger partial charge is 0.459 e. The SMILES string of the molecule is C/C1=C/C(=O)OC2C[C@@H](CC[C@H](C)/C=C\C(O)[C@H](O)CC1)O[C@](O)(C1CSC(=O)N1)C2. The summed E-state index contributed by atoms with van der Waals surface area (Å²) in [6, 6.07) is -0.564. The van der Waals surface area contributed by atoms with E-state index in [1.165, 1.54) is 6.08 Å². The molecule has 1 amide bonds. The first kappa shape index (κ1) is 24.3. The first-order valence-electron chi connectivity index (χ1n) is 10.9. The van der Waals surface area contributed by atoms with Crippen LogP contribution in [0.15, 0.2) is 23.8 Å². The summed E-state index contributed by atoms with van der Waals surface area (Å²) in [5.41, 5.74) is 0.735. The summed E-state index contributed by atoms with van der Waals surface area (Å²) >= 11 is 1.10. The maximum atomic E-state index is 12.5. The van der Waals surface area contributed by atoms with Crippen LogP contribution in [0.2, 0.25) is 0 Å². The Morgan fingerprint density at radius 2 is 1.94 bits per heavy atom. The van der Waals surface area contributed by atoms with E-state index in [0.717, 1.165) is 23.8 Å². The number of carbonyl (C=O) groups excluding carboxylic acids is 2. The van der Waals surface area contributed by atoms with Crippen molar-refractivity contribution in [2.75, 3.05) is 5.75 Å². The Kier molecular flexibility index (Phi) is 8.20. The Morgan fingerprint density at radius 1 is 1.16 bits per heavy atom. The molecule has 3 rings (SSSR count). The number of amides is 1. The lowest BCUT2D eigenvalue weighted by molar-refractivity contribution is -0.283. The molecule has 2 saturated heterocycles. The van der Waals surface area contributed by atoms with Crippen LogP contribution in [-0.2, 0) is 14.3 Å². The molecule has 0 radical (unpaired) electrons. The van der Waals surface area contributed by atoms with Crippen molar-refractivity contribution in [2.45, 2.75) is 88.6 Å². The van der Waals surface area contributed by atoms with Crippen LogP contribution >= 0.6 is 11.8 Å². The van der Waals surface area contributed by atoms with Gasteiger partial charge in [-0.05, 0) is 38.5 Å². The molecule has 9 heteroatoms. The van der Waals surface area contributed by atoms with Crippen LogP contribution in [0, 0.1) is 5.92 Å². The predicted molar refractivity (Wildman–Crippen MR) is 116 cm³/mol. The average molecular weight is 456 g/mol. The van der Waals surface area contributed by atoms with Crippen LogP contribution < -0.4 is 5.32 Å². The zero-order valence-corrected chi connectivity index (χ0v) is 18.8. The first-order chi connectivity index (χ1) is 14.6. The summed E-state index contributed by atoms with van der Waals surface area (Å²) in [7, 11) is 0. The van der Waals surface area contributed by atoms with Gasteiger partial charge < -0.3 is 30.1 Å². The van der Waals surface area contributed by atoms with Crippen molar-refractivity contribution in [3.63, 3.8) is 0 Å². The quantitative estimate of drug-likeness (QED) is 0.350. The minimum atomic E-state index is -1.60. The molecule has 2 bridgehead atoms. The molecule has 0 aliphatic carbocycles. The third-order valence-corrected chi connectivity index (χ3v) is 6.97. The molecule has 3 unspecified atom stereocenters. The fourth-order valence-electron chi connectivity index (χ4n) is 4.20. The lowest BCUT2D eigenvalue weighted by atomic mass is 9.90. The fourth-order valence-corrected chi connectivity index (χ4v) is 5.09. The average Bonchev–Trinajstić information content (AvgIpc) is 3.14. The first-order valence-corrected chi connectivity index (χ1v) is 11.9. The number of ether oxygens (including phenoxy) is 2. The maximum absolute atomic E-state index is 12.5. The van der Waals surface area contributed by atoms with Gasteiger partial charge in [-0.3, -0.25) is 4.79 Å². The van der Waals surface area contributed by atoms with Crippen molar-refractivity contribution in [3.8, 4) is 0 Å². The topological polar surface area (TPSA) is 125 Å². The Labute approximate surface area is 187 Å². The number of thioether (sulfide) groups is 1. The number of aliphatic hydroxyl groups is 3. The van der Waals surface area contributed by atoms with Gasteiger partial charge in [-0.15, -0.1) is 0 Å². The number of aliphatic hydroxyl groups excluding tert-OH is 2. The molecule has 3 heterocycles. The highest BCUT2D eigenvalue weighted by atomic mass is 32.2. The molecule has 0 spiro atoms. The van der Waals surface area contributed by atoms with Gasteiger partial charge in [-0.2, -0.15) is 0 Å². The van der Waals surface area contributed by atoms with E-state index >= 15 is 0 Å². The normalized spacial score (nSPS) is 43.5. The molecular formula is C22H33NO7S. The second kappa shape index (κ2) is 10.5. The van der Waals surface area contributed by atoms with Crippen LogP contribution in [0.3, 0.4) is 0 Å². The Hall–Kier alpha value is -1.39. The number of allylic oxidation sites excluding steroid dienone is 2. The minimum Gasteiger partial charge on any atom is -0.459 e. The predicted octanol–water partition coefficient (Wildman–Crippen LogP) is 2.03. The van der Waals surface area contributed by atoms with E-state index in [0.29, 0.717) is 31.4 Å². The molecule has 0 aromatic carbocycles. The van der Waals surface area contributed by atoms with Gasteiger partial charge in [0, 0.05) is 24.7 Å². The molecule has 3 aliphatic rings. The maximum Gasteiger partial charge on any atom is 0.330 e. The summed E-state index contributed by atoms with van der Waals surface area (Å²) in [5.74, 6) is -1.60. The Balaban J connectivity index is 1.79. The lowest BCUT2D eigenvalue weighted by Crippen LogP contribution is -2.58. The second-order valence-corrected chi connectivity index (χ2v) is 9.90. The zero-order valence-electron chi connectivity index (χ0n) is 18.0. The summed E-state index contributed by atoms with van der Waals surface area (Å²) < 4.78 is 11.7. The van der Waals surface area contributed by atoms with E-state index in [-0.39, 0.29) is 23.7 Å². The monoisotopic (exact) mass is 455 g/mol. The highest BCUT2D eigenvalue weighted by Crippen LogP contribution is 2.37. The van der Waals surface area contributed by atoms with Crippen LogP contribution in [0.5, 0.6) is 0 Å². The van der Waals surface area contributed by atoms with Gasteiger partial charge >= 0.3 is 5.97 Å². The van der Waals surface area contributed by atoms with E-state index in [1.807, 2.05) is 13.0 Å². The van der Waals surface area contributed by atoms with Crippen molar-refractivity contribution in [3.05, 3.63) is 23.8 Å². The van der Waals surface area contributed by atoms with E-state index in [4.69, 9.17) is 9.47 Å². The number of hydrogen-bond donors (Lipinski definition) is 4. The molecule has 0 aromatic heterocycles. The minimum absolute atomic E-state index is 0.0913. The van der Waals surface area contributed by atoms with Crippen LogP contribution in [0.25, 0.3) is 0 Å². The number of fused-ring (bicyclic) bond motifs is 2. The van der Waals surface area contributed by atoms with E-state index in [2.05, 4.69) is 5.32 Å². The fraction of sp³-hybridized carbons (Fsp3) is 0.727. The van der Waals surface area contributed by atoms with E-state index in [9.17, 15) is 24.9 Å². The summed E-state index contributed by atoms with van der Waals surface area (Å²) in [6.07, 6.45) is 4.79. The van der Waals surface area contributed by atoms with Gasteiger partial charge in [0.05, 0.1) is 24.4 Å². The highest BCUT2D eigenvalue weighted by Gasteiger charge is 2.49. The molecule has 31 heavy (non-hydrogen) atoms. The van der Waals surface area contributed by atoms with Crippen molar-refractivity contribution in [1.82, 2.24) is 5.32 Å². The third kappa shape index (κ3) is 6.79. The summed E-state index contributed by atoms with van der Waals surface area (Å²) in [5, 5.41) is 34.1. The molecule has 0 aromatic rings. The number of hydrogen-bond acceptors (Lipinski definition) is 8. The molecule has 7 atom stereocenters. The lowest BCUT2D eigenvalue weighted by Gasteiger charge is -2.43. The summed E-state index contributed by atoms with van der Waals surface area (Å²) in [4.78, 5) is 24.1. The van der Waals surface area contributed by atoms with Crippen molar-refractivity contribution >= 4 is 23.0 Å². The summed E-state index contributed by atoms with van der Waals surface area (Å²) in [6.45, 7) is 3.78. The Bertz CT molecular complexity index is 727. The van der Waals surface area contributed by atoms with Crippen molar-refractivity contribution in [2.24, 2.45) is 5.92 Å². The van der Waals surface area contributed by atoms with Crippen LogP contribution in [0.4, 0.5) is 4.79 Å². The number of carbonyl (C=O) groups is 2. The molecule has 4 N–H and O–H groups in total. The third-order valence-electron chi connectivity index (χ3n) is 6.09. The highest BCUT2D eigenvalue weighted by molar-refractivity contribution is 8.14. The molecule has 2 fully saturated rings. The molecule has 3 aliphatic heterocycles. The Morgan fingerprint density at radius 3 is 2.65 bits per heavy atom. The molecule has 0 saturated carbocycles. The second-order valence-electron chi connectivity index (χ2n) is 8.91. The van der Waals surface area contributed by atoms with Crippen molar-refractivity contribution < 1.29 is 34.4 Å². The van der Waals surface area contributed by atoms with Gasteiger partial charge in [0.15, 0.2) is 5.79 Å².